The minimum atomic E-state index is 0.792. The van der Waals surface area contributed by atoms with Crippen LogP contribution in [0, 0.1) is 5.92 Å². The Bertz CT molecular complexity index is 227. The molecule has 1 saturated carbocycles. The van der Waals surface area contributed by atoms with Gasteiger partial charge in [0, 0.05) is 12.1 Å². The van der Waals surface area contributed by atoms with Gasteiger partial charge in [-0.15, -0.1) is 0 Å². The molecule has 1 unspecified atom stereocenters. The van der Waals surface area contributed by atoms with Gasteiger partial charge in [-0.2, -0.15) is 0 Å². The van der Waals surface area contributed by atoms with Crippen molar-refractivity contribution in [2.24, 2.45) is 5.92 Å². The molecule has 1 aliphatic heterocycles. The van der Waals surface area contributed by atoms with E-state index >= 15 is 0 Å². The van der Waals surface area contributed by atoms with Crippen LogP contribution in [0.1, 0.15) is 71.6 Å². The zero-order valence-corrected chi connectivity index (χ0v) is 13.2. The highest BCUT2D eigenvalue weighted by Gasteiger charge is 2.29. The van der Waals surface area contributed by atoms with Crippen molar-refractivity contribution in [1.82, 2.24) is 10.2 Å². The molecule has 0 radical (unpaired) electrons. The Morgan fingerprint density at radius 2 is 1.68 bits per heavy atom. The Labute approximate surface area is 120 Å². The molecule has 2 nitrogen and oxygen atoms in total. The minimum Gasteiger partial charge on any atom is -0.314 e. The van der Waals surface area contributed by atoms with Gasteiger partial charge in [-0.25, -0.2) is 0 Å². The highest BCUT2D eigenvalue weighted by Crippen LogP contribution is 2.31. The molecule has 1 saturated heterocycles. The molecule has 2 fully saturated rings. The summed E-state index contributed by atoms with van der Waals surface area (Å²) >= 11 is 0. The molecule has 1 aliphatic carbocycles. The summed E-state index contributed by atoms with van der Waals surface area (Å²) in [4.78, 5) is 2.82. The molecular weight excluding hydrogens is 232 g/mol. The highest BCUT2D eigenvalue weighted by molar-refractivity contribution is 4.85. The maximum Gasteiger partial charge on any atom is 0.0121 e. The third-order valence-corrected chi connectivity index (χ3v) is 5.29. The number of nitrogens with one attached hydrogen (secondary N) is 1. The first-order chi connectivity index (χ1) is 9.35. The number of piperidine rings is 1. The zero-order chi connectivity index (χ0) is 13.5. The summed E-state index contributed by atoms with van der Waals surface area (Å²) in [6, 6.07) is 1.67. The molecule has 0 bridgehead atoms. The first-order valence-electron chi connectivity index (χ1n) is 8.82. The van der Waals surface area contributed by atoms with E-state index in [-0.39, 0.29) is 0 Å². The molecule has 0 aromatic heterocycles. The van der Waals surface area contributed by atoms with Gasteiger partial charge >= 0.3 is 0 Å². The first kappa shape index (κ1) is 15.3. The van der Waals surface area contributed by atoms with E-state index in [2.05, 4.69) is 24.1 Å². The average Bonchev–Trinajstić information content (AvgIpc) is 2.48. The van der Waals surface area contributed by atoms with Crippen molar-refractivity contribution in [2.45, 2.75) is 83.7 Å². The highest BCUT2D eigenvalue weighted by atomic mass is 15.2. The van der Waals surface area contributed by atoms with E-state index in [4.69, 9.17) is 0 Å². The number of nitrogens with zero attached hydrogens (tertiary/aromatic N) is 1. The molecule has 2 rings (SSSR count). The molecule has 1 atom stereocenters. The number of hydrogen-bond donors (Lipinski definition) is 1. The second-order valence-electron chi connectivity index (χ2n) is 6.64. The fourth-order valence-electron chi connectivity index (χ4n) is 4.19. The smallest absolute Gasteiger partial charge is 0.0121 e. The molecule has 2 aliphatic rings. The molecule has 0 amide bonds. The van der Waals surface area contributed by atoms with Crippen molar-refractivity contribution in [2.75, 3.05) is 19.6 Å². The average molecular weight is 266 g/mol. The van der Waals surface area contributed by atoms with Gasteiger partial charge in [0.15, 0.2) is 0 Å². The largest absolute Gasteiger partial charge is 0.314 e. The van der Waals surface area contributed by atoms with Crippen molar-refractivity contribution in [3.63, 3.8) is 0 Å². The standard InChI is InChI=1S/C17H34N2/c1-3-12-18-16-10-13-19(14-11-16)17(4-2)15-8-6-5-7-9-15/h15-18H,3-14H2,1-2H3. The topological polar surface area (TPSA) is 15.3 Å². The van der Waals surface area contributed by atoms with Crippen LogP contribution in [0.25, 0.3) is 0 Å². The lowest BCUT2D eigenvalue weighted by molar-refractivity contribution is 0.0832. The zero-order valence-electron chi connectivity index (χ0n) is 13.2. The third kappa shape index (κ3) is 4.46. The van der Waals surface area contributed by atoms with Crippen LogP contribution in [0.5, 0.6) is 0 Å². The molecule has 1 N–H and O–H groups in total. The predicted molar refractivity (Wildman–Crippen MR) is 83.5 cm³/mol. The van der Waals surface area contributed by atoms with Crippen LogP contribution in [0.15, 0.2) is 0 Å². The Hall–Kier alpha value is -0.0800. The summed E-state index contributed by atoms with van der Waals surface area (Å²) in [5, 5.41) is 3.70. The van der Waals surface area contributed by atoms with Gasteiger partial charge in [-0.05, 0) is 64.1 Å². The van der Waals surface area contributed by atoms with E-state index in [1.807, 2.05) is 0 Å². The monoisotopic (exact) mass is 266 g/mol. The van der Waals surface area contributed by atoms with Crippen LogP contribution in [0.4, 0.5) is 0 Å². The summed E-state index contributed by atoms with van der Waals surface area (Å²) in [5.74, 6) is 0.999. The molecular formula is C17H34N2. The lowest BCUT2D eigenvalue weighted by atomic mass is 9.81. The molecule has 2 heteroatoms. The second-order valence-corrected chi connectivity index (χ2v) is 6.64. The maximum atomic E-state index is 3.70. The quantitative estimate of drug-likeness (QED) is 0.786. The van der Waals surface area contributed by atoms with Crippen LogP contribution in [-0.4, -0.2) is 36.6 Å². The van der Waals surface area contributed by atoms with Crippen molar-refractivity contribution >= 4 is 0 Å². The normalized spacial score (nSPS) is 25.6. The number of rotatable bonds is 6. The Morgan fingerprint density at radius 3 is 2.26 bits per heavy atom. The summed E-state index contributed by atoms with van der Waals surface area (Å²) in [6.45, 7) is 8.52. The fourth-order valence-corrected chi connectivity index (χ4v) is 4.19. The van der Waals surface area contributed by atoms with E-state index < -0.39 is 0 Å². The van der Waals surface area contributed by atoms with Gasteiger partial charge in [0.25, 0.3) is 0 Å². The summed E-state index contributed by atoms with van der Waals surface area (Å²) in [6.07, 6.45) is 12.8. The molecule has 112 valence electrons. The van der Waals surface area contributed by atoms with Crippen LogP contribution in [0.3, 0.4) is 0 Å². The van der Waals surface area contributed by atoms with Crippen molar-refractivity contribution in [3.05, 3.63) is 0 Å². The van der Waals surface area contributed by atoms with Gasteiger partial charge < -0.3 is 10.2 Å². The first-order valence-corrected chi connectivity index (χ1v) is 8.82. The lowest BCUT2D eigenvalue weighted by Gasteiger charge is -2.42. The van der Waals surface area contributed by atoms with Crippen molar-refractivity contribution < 1.29 is 0 Å². The van der Waals surface area contributed by atoms with E-state index in [1.165, 1.54) is 77.4 Å². The van der Waals surface area contributed by atoms with Gasteiger partial charge in [-0.3, -0.25) is 0 Å². The predicted octanol–water partition coefficient (Wildman–Crippen LogP) is 3.81. The Morgan fingerprint density at radius 1 is 1.00 bits per heavy atom. The van der Waals surface area contributed by atoms with E-state index in [0.717, 1.165) is 18.0 Å². The summed E-state index contributed by atoms with van der Waals surface area (Å²) in [7, 11) is 0. The fraction of sp³-hybridized carbons (Fsp3) is 1.00. The van der Waals surface area contributed by atoms with E-state index in [9.17, 15) is 0 Å². The Kier molecular flexibility index (Phi) is 6.66. The molecule has 0 aromatic rings. The second kappa shape index (κ2) is 8.26. The van der Waals surface area contributed by atoms with E-state index in [1.54, 1.807) is 0 Å². The van der Waals surface area contributed by atoms with Gasteiger partial charge in [0.1, 0.15) is 0 Å². The van der Waals surface area contributed by atoms with Crippen molar-refractivity contribution in [3.8, 4) is 0 Å². The van der Waals surface area contributed by atoms with Gasteiger partial charge in [0.05, 0.1) is 0 Å². The molecule has 0 spiro atoms. The molecule has 19 heavy (non-hydrogen) atoms. The van der Waals surface area contributed by atoms with Gasteiger partial charge in [0.2, 0.25) is 0 Å². The van der Waals surface area contributed by atoms with Crippen LogP contribution in [-0.2, 0) is 0 Å². The van der Waals surface area contributed by atoms with Crippen LogP contribution < -0.4 is 5.32 Å². The molecule has 0 aromatic carbocycles. The minimum absolute atomic E-state index is 0.792. The third-order valence-electron chi connectivity index (χ3n) is 5.29. The Balaban J connectivity index is 1.77. The van der Waals surface area contributed by atoms with Crippen LogP contribution >= 0.6 is 0 Å². The van der Waals surface area contributed by atoms with Gasteiger partial charge in [-0.1, -0.05) is 33.1 Å². The lowest BCUT2D eigenvalue weighted by Crippen LogP contribution is -2.49. The summed E-state index contributed by atoms with van der Waals surface area (Å²) in [5.41, 5.74) is 0. The maximum absolute atomic E-state index is 3.70. The SMILES string of the molecule is CCCNC1CCN(C(CC)C2CCCCC2)CC1. The van der Waals surface area contributed by atoms with E-state index in [0.29, 0.717) is 0 Å². The number of hydrogen-bond acceptors (Lipinski definition) is 2. The van der Waals surface area contributed by atoms with Crippen molar-refractivity contribution in [1.29, 1.82) is 0 Å². The summed E-state index contributed by atoms with van der Waals surface area (Å²) < 4.78 is 0. The number of likely N-dealkylation sites (tertiary alicyclic amines) is 1. The van der Waals surface area contributed by atoms with Crippen LogP contribution in [0.2, 0.25) is 0 Å². The molecule has 1 heterocycles.